The molecule has 0 aromatic carbocycles. The summed E-state index contributed by atoms with van der Waals surface area (Å²) in [6.07, 6.45) is 5.95. The molecule has 0 fully saturated rings. The maximum Gasteiger partial charge on any atom is 0.0632 e. The van der Waals surface area contributed by atoms with E-state index in [0.717, 1.165) is 17.6 Å². The van der Waals surface area contributed by atoms with Gasteiger partial charge in [0.15, 0.2) is 0 Å². The van der Waals surface area contributed by atoms with Crippen LogP contribution in [0.25, 0.3) is 0 Å². The van der Waals surface area contributed by atoms with E-state index < -0.39 is 0 Å². The SMILES string of the molecule is CS[C@H](C)CN[C@@H](C)Cn1cc(Br)cn1. The van der Waals surface area contributed by atoms with Crippen LogP contribution in [0.15, 0.2) is 16.9 Å². The van der Waals surface area contributed by atoms with Gasteiger partial charge >= 0.3 is 0 Å². The smallest absolute Gasteiger partial charge is 0.0632 e. The van der Waals surface area contributed by atoms with Crippen LogP contribution >= 0.6 is 27.7 Å². The second kappa shape index (κ2) is 6.55. The molecule has 1 N–H and O–H groups in total. The molecule has 0 aliphatic heterocycles. The molecule has 0 unspecified atom stereocenters. The minimum absolute atomic E-state index is 0.450. The van der Waals surface area contributed by atoms with Crippen LogP contribution in [0.4, 0.5) is 0 Å². The van der Waals surface area contributed by atoms with Crippen molar-refractivity contribution in [3.8, 4) is 0 Å². The summed E-state index contributed by atoms with van der Waals surface area (Å²) in [7, 11) is 0. The lowest BCUT2D eigenvalue weighted by Gasteiger charge is -2.16. The zero-order valence-corrected chi connectivity index (χ0v) is 11.8. The van der Waals surface area contributed by atoms with Crippen LogP contribution in [0.2, 0.25) is 0 Å². The van der Waals surface area contributed by atoms with Gasteiger partial charge in [0.2, 0.25) is 0 Å². The van der Waals surface area contributed by atoms with Crippen LogP contribution in [0.3, 0.4) is 0 Å². The Bertz CT molecular complexity index is 290. The molecule has 1 heterocycles. The minimum Gasteiger partial charge on any atom is -0.311 e. The lowest BCUT2D eigenvalue weighted by molar-refractivity contribution is 0.454. The van der Waals surface area contributed by atoms with Crippen molar-refractivity contribution < 1.29 is 0 Å². The van der Waals surface area contributed by atoms with E-state index in [9.17, 15) is 0 Å². The fraction of sp³-hybridized carbons (Fsp3) is 0.700. The average Bonchev–Trinajstić information content (AvgIpc) is 2.60. The van der Waals surface area contributed by atoms with Gasteiger partial charge in [-0.1, -0.05) is 6.92 Å². The quantitative estimate of drug-likeness (QED) is 0.873. The number of aromatic nitrogens is 2. The molecule has 0 bridgehead atoms. The standard InChI is InChI=1S/C10H18BrN3S/c1-8(12-4-9(2)15-3)6-14-7-10(11)5-13-14/h5,7-9,12H,4,6H2,1-3H3/t8-,9+/m0/s1. The van der Waals surface area contributed by atoms with Crippen molar-refractivity contribution in [2.75, 3.05) is 12.8 Å². The van der Waals surface area contributed by atoms with Gasteiger partial charge in [0.1, 0.15) is 0 Å². The molecule has 1 aromatic rings. The third-order valence-corrected chi connectivity index (χ3v) is 3.60. The number of halogens is 1. The Morgan fingerprint density at radius 2 is 2.33 bits per heavy atom. The first-order valence-electron chi connectivity index (χ1n) is 5.06. The molecule has 15 heavy (non-hydrogen) atoms. The highest BCUT2D eigenvalue weighted by molar-refractivity contribution is 9.10. The molecule has 0 aliphatic carbocycles. The maximum absolute atomic E-state index is 4.23. The van der Waals surface area contributed by atoms with Crippen LogP contribution < -0.4 is 5.32 Å². The van der Waals surface area contributed by atoms with Crippen molar-refractivity contribution in [2.24, 2.45) is 0 Å². The summed E-state index contributed by atoms with van der Waals surface area (Å²) in [5, 5.41) is 8.39. The monoisotopic (exact) mass is 291 g/mol. The molecule has 2 atom stereocenters. The van der Waals surface area contributed by atoms with Crippen molar-refractivity contribution in [1.82, 2.24) is 15.1 Å². The second-order valence-electron chi connectivity index (χ2n) is 3.74. The van der Waals surface area contributed by atoms with Crippen LogP contribution in [-0.2, 0) is 6.54 Å². The summed E-state index contributed by atoms with van der Waals surface area (Å²) in [6.45, 7) is 6.37. The Morgan fingerprint density at radius 1 is 1.60 bits per heavy atom. The van der Waals surface area contributed by atoms with Gasteiger partial charge in [-0.3, -0.25) is 4.68 Å². The molecular weight excluding hydrogens is 274 g/mol. The number of rotatable bonds is 6. The predicted octanol–water partition coefficient (Wildman–Crippen LogP) is 2.38. The number of thioether (sulfide) groups is 1. The first kappa shape index (κ1) is 13.1. The Labute approximate surface area is 104 Å². The first-order chi connectivity index (χ1) is 7.11. The van der Waals surface area contributed by atoms with Crippen LogP contribution in [0.1, 0.15) is 13.8 Å². The van der Waals surface area contributed by atoms with Crippen molar-refractivity contribution in [2.45, 2.75) is 31.7 Å². The molecule has 0 spiro atoms. The van der Waals surface area contributed by atoms with Gasteiger partial charge in [-0.05, 0) is 29.1 Å². The average molecular weight is 292 g/mol. The van der Waals surface area contributed by atoms with Gasteiger partial charge in [0.05, 0.1) is 17.2 Å². The number of nitrogens with zero attached hydrogens (tertiary/aromatic N) is 2. The highest BCUT2D eigenvalue weighted by Gasteiger charge is 2.05. The van der Waals surface area contributed by atoms with E-state index in [-0.39, 0.29) is 0 Å². The third kappa shape index (κ3) is 5.04. The molecule has 0 amide bonds. The number of hydrogen-bond acceptors (Lipinski definition) is 3. The van der Waals surface area contributed by atoms with E-state index in [1.165, 1.54) is 0 Å². The molecule has 0 aliphatic rings. The van der Waals surface area contributed by atoms with E-state index in [1.54, 1.807) is 0 Å². The molecular formula is C10H18BrN3S. The summed E-state index contributed by atoms with van der Waals surface area (Å²) in [5.41, 5.74) is 0. The minimum atomic E-state index is 0.450. The number of hydrogen-bond donors (Lipinski definition) is 1. The van der Waals surface area contributed by atoms with Crippen LogP contribution in [0.5, 0.6) is 0 Å². The van der Waals surface area contributed by atoms with Gasteiger partial charge in [-0.2, -0.15) is 16.9 Å². The first-order valence-corrected chi connectivity index (χ1v) is 7.14. The van der Waals surface area contributed by atoms with E-state index in [0.29, 0.717) is 11.3 Å². The fourth-order valence-electron chi connectivity index (χ4n) is 1.23. The topological polar surface area (TPSA) is 29.9 Å². The highest BCUT2D eigenvalue weighted by Crippen LogP contribution is 2.07. The fourth-order valence-corrected chi connectivity index (χ4v) is 1.82. The molecule has 0 radical (unpaired) electrons. The Morgan fingerprint density at radius 3 is 2.87 bits per heavy atom. The maximum atomic E-state index is 4.23. The van der Waals surface area contributed by atoms with Crippen LogP contribution in [0, 0.1) is 0 Å². The van der Waals surface area contributed by atoms with Gasteiger partial charge in [-0.15, -0.1) is 0 Å². The Balaban J connectivity index is 2.27. The molecule has 3 nitrogen and oxygen atoms in total. The summed E-state index contributed by atoms with van der Waals surface area (Å²) in [4.78, 5) is 0. The lowest BCUT2D eigenvalue weighted by Crippen LogP contribution is -2.34. The summed E-state index contributed by atoms with van der Waals surface area (Å²) >= 11 is 5.27. The Kier molecular flexibility index (Phi) is 5.71. The van der Waals surface area contributed by atoms with Gasteiger partial charge in [-0.25, -0.2) is 0 Å². The van der Waals surface area contributed by atoms with Crippen molar-refractivity contribution >= 4 is 27.7 Å². The van der Waals surface area contributed by atoms with Crippen molar-refractivity contribution in [3.63, 3.8) is 0 Å². The Hall–Kier alpha value is -0.0000000000000000555. The zero-order chi connectivity index (χ0) is 11.3. The molecule has 0 saturated carbocycles. The van der Waals surface area contributed by atoms with E-state index in [4.69, 9.17) is 0 Å². The molecule has 0 saturated heterocycles. The van der Waals surface area contributed by atoms with Gasteiger partial charge in [0, 0.05) is 24.0 Å². The third-order valence-electron chi connectivity index (χ3n) is 2.22. The zero-order valence-electron chi connectivity index (χ0n) is 9.40. The molecule has 5 heteroatoms. The van der Waals surface area contributed by atoms with E-state index >= 15 is 0 Å². The number of nitrogens with one attached hydrogen (secondary N) is 1. The van der Waals surface area contributed by atoms with Crippen molar-refractivity contribution in [1.29, 1.82) is 0 Å². The molecule has 86 valence electrons. The molecule has 1 aromatic heterocycles. The van der Waals surface area contributed by atoms with Crippen LogP contribution in [-0.4, -0.2) is 33.9 Å². The molecule has 1 rings (SSSR count). The summed E-state index contributed by atoms with van der Waals surface area (Å²) in [5.74, 6) is 0. The van der Waals surface area contributed by atoms with Gasteiger partial charge < -0.3 is 5.32 Å². The van der Waals surface area contributed by atoms with E-state index in [2.05, 4.69) is 46.4 Å². The summed E-state index contributed by atoms with van der Waals surface area (Å²) in [6, 6.07) is 0.450. The highest BCUT2D eigenvalue weighted by atomic mass is 79.9. The largest absolute Gasteiger partial charge is 0.311 e. The summed E-state index contributed by atoms with van der Waals surface area (Å²) < 4.78 is 2.98. The van der Waals surface area contributed by atoms with Gasteiger partial charge in [0.25, 0.3) is 0 Å². The normalized spacial score (nSPS) is 15.2. The second-order valence-corrected chi connectivity index (χ2v) is 5.93. The van der Waals surface area contributed by atoms with E-state index in [1.807, 2.05) is 28.8 Å². The predicted molar refractivity (Wildman–Crippen MR) is 70.4 cm³/mol. The van der Waals surface area contributed by atoms with Crippen molar-refractivity contribution in [3.05, 3.63) is 16.9 Å². The lowest BCUT2D eigenvalue weighted by atomic mass is 10.3.